The summed E-state index contributed by atoms with van der Waals surface area (Å²) in [7, 11) is -4.81. The zero-order chi connectivity index (χ0) is 19.4. The van der Waals surface area contributed by atoms with Crippen molar-refractivity contribution in [1.29, 1.82) is 0 Å². The van der Waals surface area contributed by atoms with Gasteiger partial charge in [0, 0.05) is 5.57 Å². The van der Waals surface area contributed by atoms with Crippen LogP contribution in [0.2, 0.25) is 0 Å². The zero-order valence-corrected chi connectivity index (χ0v) is 14.9. The quantitative estimate of drug-likeness (QED) is 0.283. The van der Waals surface area contributed by atoms with E-state index in [4.69, 9.17) is 10.3 Å². The van der Waals surface area contributed by atoms with E-state index in [-0.39, 0.29) is 22.1 Å². The number of carboxylic acids is 1. The number of aromatic nitrogens is 2. The Balaban J connectivity index is 2.00. The highest BCUT2D eigenvalue weighted by Crippen LogP contribution is 2.51. The smallest absolute Gasteiger partial charge is 0.397 e. The van der Waals surface area contributed by atoms with Crippen molar-refractivity contribution in [2.45, 2.75) is 19.1 Å². The second-order valence-electron chi connectivity index (χ2n) is 5.85. The van der Waals surface area contributed by atoms with Crippen LogP contribution in [0.4, 0.5) is 5.69 Å². The van der Waals surface area contributed by atoms with Crippen molar-refractivity contribution in [1.82, 2.24) is 14.9 Å². The van der Waals surface area contributed by atoms with Gasteiger partial charge in [0.1, 0.15) is 5.92 Å². The van der Waals surface area contributed by atoms with E-state index >= 15 is 0 Å². The van der Waals surface area contributed by atoms with E-state index in [1.807, 2.05) is 0 Å². The van der Waals surface area contributed by atoms with Gasteiger partial charge in [-0.15, -0.1) is 12.6 Å². The first-order valence-corrected chi connectivity index (χ1v) is 9.06. The van der Waals surface area contributed by atoms with Crippen LogP contribution in [-0.4, -0.2) is 57.0 Å². The summed E-state index contributed by atoms with van der Waals surface area (Å²) in [5, 5.41) is 9.73. The van der Waals surface area contributed by atoms with Crippen molar-refractivity contribution >= 4 is 46.2 Å². The molecule has 13 heteroatoms. The van der Waals surface area contributed by atoms with E-state index in [0.29, 0.717) is 0 Å². The maximum absolute atomic E-state index is 12.4. The average molecular weight is 402 g/mol. The molecule has 1 aromatic rings. The monoisotopic (exact) mass is 402 g/mol. The molecule has 2 aliphatic rings. The molecular formula is C13H14N4O7S2. The van der Waals surface area contributed by atoms with Gasteiger partial charge in [-0.2, -0.15) is 8.42 Å². The van der Waals surface area contributed by atoms with E-state index in [0.717, 1.165) is 4.90 Å². The van der Waals surface area contributed by atoms with Gasteiger partial charge in [0.15, 0.2) is 5.82 Å². The largest absolute Gasteiger partial charge is 0.481 e. The van der Waals surface area contributed by atoms with E-state index in [9.17, 15) is 23.1 Å². The van der Waals surface area contributed by atoms with E-state index < -0.39 is 46.3 Å². The lowest BCUT2D eigenvalue weighted by molar-refractivity contribution is -0.162. The molecule has 26 heavy (non-hydrogen) atoms. The van der Waals surface area contributed by atoms with Crippen molar-refractivity contribution in [2.24, 2.45) is 11.8 Å². The van der Waals surface area contributed by atoms with Gasteiger partial charge in [-0.05, 0) is 6.92 Å². The summed E-state index contributed by atoms with van der Waals surface area (Å²) in [6.45, 7) is 1.25. The fourth-order valence-corrected chi connectivity index (χ4v) is 4.26. The molecule has 3 rings (SSSR count). The Morgan fingerprint density at radius 3 is 2.50 bits per heavy atom. The van der Waals surface area contributed by atoms with Crippen LogP contribution in [0, 0.1) is 11.8 Å². The number of aliphatic carboxylic acids is 1. The van der Waals surface area contributed by atoms with Crippen LogP contribution >= 0.6 is 12.6 Å². The van der Waals surface area contributed by atoms with Crippen LogP contribution in [0.15, 0.2) is 17.4 Å². The van der Waals surface area contributed by atoms with Gasteiger partial charge in [0.25, 0.3) is 0 Å². The van der Waals surface area contributed by atoms with Crippen molar-refractivity contribution in [2.75, 3.05) is 5.73 Å². The van der Waals surface area contributed by atoms with Gasteiger partial charge >= 0.3 is 16.4 Å². The van der Waals surface area contributed by atoms with E-state index in [1.54, 1.807) is 0 Å². The normalized spacial score (nSPS) is 26.5. The van der Waals surface area contributed by atoms with Crippen LogP contribution in [0.25, 0.3) is 5.57 Å². The first-order chi connectivity index (χ1) is 12.0. The van der Waals surface area contributed by atoms with E-state index in [2.05, 4.69) is 26.8 Å². The lowest BCUT2D eigenvalue weighted by Crippen LogP contribution is -2.64. The number of anilines is 1. The Labute approximate surface area is 153 Å². The number of β-lactam (4-membered cyclic amide) rings is 1. The molecule has 0 spiro atoms. The highest BCUT2D eigenvalue weighted by molar-refractivity contribution is 7.84. The van der Waals surface area contributed by atoms with Crippen LogP contribution in [0.3, 0.4) is 0 Å². The van der Waals surface area contributed by atoms with E-state index in [1.165, 1.54) is 19.3 Å². The summed E-state index contributed by atoms with van der Waals surface area (Å²) in [6, 6.07) is -0.944. The minimum Gasteiger partial charge on any atom is -0.481 e. The maximum atomic E-state index is 12.4. The topological polar surface area (TPSA) is 173 Å². The molecule has 1 aromatic heterocycles. The number of carbonyl (C=O) groups excluding carboxylic acids is 1. The number of carboxylic acid groups (broad SMARTS) is 1. The molecule has 3 heterocycles. The van der Waals surface area contributed by atoms with Crippen LogP contribution in [-0.2, 0) is 24.2 Å². The third-order valence-corrected chi connectivity index (χ3v) is 5.27. The van der Waals surface area contributed by atoms with Gasteiger partial charge in [0.2, 0.25) is 5.91 Å². The molecule has 4 N–H and O–H groups in total. The number of rotatable bonds is 5. The standard InChI is InChI=1S/C13H14N4O7S2/c1-4(24-26(21,22)23)6-9-7(13(19)20)8(12(25)17(9)11(6)18)10-15-2-5(14)3-16-10/h2-4,6-7,9,25H,14H2,1H3,(H,19,20)(H,21,22,23)/t4-,6-,7?,9+/m0/s1. The highest BCUT2D eigenvalue weighted by atomic mass is 32.3. The summed E-state index contributed by atoms with van der Waals surface area (Å²) >= 11 is 4.24. The Morgan fingerprint density at radius 2 is 2.00 bits per heavy atom. The fourth-order valence-electron chi connectivity index (χ4n) is 3.29. The molecule has 2 aliphatic heterocycles. The number of hydrogen-bond donors (Lipinski definition) is 4. The fraction of sp³-hybridized carbons (Fsp3) is 0.385. The zero-order valence-electron chi connectivity index (χ0n) is 13.2. The van der Waals surface area contributed by atoms with Crippen molar-refractivity contribution in [3.63, 3.8) is 0 Å². The predicted octanol–water partition coefficient (Wildman–Crippen LogP) is -0.593. The summed E-state index contributed by atoms with van der Waals surface area (Å²) in [5.74, 6) is -4.16. The molecular weight excluding hydrogens is 388 g/mol. The van der Waals surface area contributed by atoms with Gasteiger partial charge < -0.3 is 15.7 Å². The Hall–Kier alpha value is -2.22. The first kappa shape index (κ1) is 18.6. The summed E-state index contributed by atoms with van der Waals surface area (Å²) in [4.78, 5) is 33.4. The Kier molecular flexibility index (Phi) is 4.42. The lowest BCUT2D eigenvalue weighted by atomic mass is 9.77. The predicted molar refractivity (Wildman–Crippen MR) is 89.7 cm³/mol. The number of nitrogens with zero attached hydrogens (tertiary/aromatic N) is 3. The van der Waals surface area contributed by atoms with Gasteiger partial charge in [-0.1, -0.05) is 0 Å². The number of nitrogen functional groups attached to an aromatic ring is 1. The minimum absolute atomic E-state index is 0.0425. The average Bonchev–Trinajstić information content (AvgIpc) is 2.75. The number of hydrogen-bond acceptors (Lipinski definition) is 9. The first-order valence-electron chi connectivity index (χ1n) is 7.25. The molecule has 1 unspecified atom stereocenters. The SMILES string of the molecule is C[C@H](OS(=O)(=O)O)[C@@H]1C(=O)N2C(S)=C(c3ncc(N)cn3)C(C(=O)O)[C@@H]12. The summed E-state index contributed by atoms with van der Waals surface area (Å²) in [5.41, 5.74) is 5.91. The minimum atomic E-state index is -4.81. The molecule has 1 fully saturated rings. The third-order valence-electron chi connectivity index (χ3n) is 4.27. The molecule has 0 aliphatic carbocycles. The Morgan fingerprint density at radius 1 is 1.42 bits per heavy atom. The van der Waals surface area contributed by atoms with Crippen molar-refractivity contribution in [3.8, 4) is 0 Å². The number of nitrogens with two attached hydrogens (primary N) is 1. The van der Waals surface area contributed by atoms with Gasteiger partial charge in [-0.3, -0.25) is 14.1 Å². The van der Waals surface area contributed by atoms with Crippen molar-refractivity contribution in [3.05, 3.63) is 23.2 Å². The second-order valence-corrected chi connectivity index (χ2v) is 7.32. The highest BCUT2D eigenvalue weighted by Gasteiger charge is 2.62. The molecule has 0 bridgehead atoms. The second kappa shape index (κ2) is 6.19. The molecule has 1 saturated heterocycles. The third kappa shape index (κ3) is 2.92. The number of carbonyl (C=O) groups is 2. The number of fused-ring (bicyclic) bond motifs is 1. The van der Waals surface area contributed by atoms with Crippen LogP contribution in [0.5, 0.6) is 0 Å². The molecule has 4 atom stereocenters. The summed E-state index contributed by atoms with van der Waals surface area (Å²) in [6.07, 6.45) is 1.30. The molecule has 140 valence electrons. The van der Waals surface area contributed by atoms with Crippen LogP contribution < -0.4 is 5.73 Å². The van der Waals surface area contributed by atoms with Crippen LogP contribution in [0.1, 0.15) is 12.7 Å². The molecule has 0 aromatic carbocycles. The molecule has 1 amide bonds. The summed E-state index contributed by atoms with van der Waals surface area (Å²) < 4.78 is 35.1. The maximum Gasteiger partial charge on any atom is 0.397 e. The van der Waals surface area contributed by atoms with Gasteiger partial charge in [-0.25, -0.2) is 14.2 Å². The van der Waals surface area contributed by atoms with Crippen molar-refractivity contribution < 1.29 is 31.8 Å². The number of amides is 1. The molecule has 0 radical (unpaired) electrons. The number of thiol groups is 1. The molecule has 11 nitrogen and oxygen atoms in total. The molecule has 0 saturated carbocycles. The lowest BCUT2D eigenvalue weighted by Gasteiger charge is -2.46. The Bertz CT molecular complexity index is 915. The van der Waals surface area contributed by atoms with Gasteiger partial charge in [0.05, 0.1) is 41.2 Å².